The first-order valence-electron chi connectivity index (χ1n) is 8.52. The summed E-state index contributed by atoms with van der Waals surface area (Å²) in [7, 11) is 0. The Bertz CT molecular complexity index is 828. The predicted molar refractivity (Wildman–Crippen MR) is 102 cm³/mol. The summed E-state index contributed by atoms with van der Waals surface area (Å²) in [5.41, 5.74) is 4.48. The molecule has 3 aromatic carbocycles. The molecule has 0 amide bonds. The summed E-state index contributed by atoms with van der Waals surface area (Å²) in [4.78, 5) is 0. The van der Waals surface area contributed by atoms with Gasteiger partial charge in [-0.2, -0.15) is 0 Å². The topological polar surface area (TPSA) is 40.5 Å². The first-order chi connectivity index (χ1) is 11.9. The summed E-state index contributed by atoms with van der Waals surface area (Å²) < 4.78 is 0. The van der Waals surface area contributed by atoms with E-state index in [1.165, 1.54) is 0 Å². The average Bonchev–Trinajstić information content (AvgIpc) is 2.66. The van der Waals surface area contributed by atoms with Gasteiger partial charge in [-0.3, -0.25) is 0 Å². The van der Waals surface area contributed by atoms with Crippen molar-refractivity contribution < 1.29 is 10.2 Å². The Kier molecular flexibility index (Phi) is 4.30. The Hall–Kier alpha value is -2.74. The van der Waals surface area contributed by atoms with E-state index in [0.29, 0.717) is 0 Å². The maximum absolute atomic E-state index is 11.0. The summed E-state index contributed by atoms with van der Waals surface area (Å²) in [5.74, 6) is 0.506. The van der Waals surface area contributed by atoms with E-state index in [-0.39, 0.29) is 11.5 Å². The van der Waals surface area contributed by atoms with Crippen LogP contribution in [0.3, 0.4) is 0 Å². The maximum Gasteiger partial charge on any atom is 0.123 e. The molecule has 0 atom stereocenters. The number of rotatable bonds is 3. The van der Waals surface area contributed by atoms with Crippen LogP contribution in [0.1, 0.15) is 40.3 Å². The molecule has 0 bridgehead atoms. The fourth-order valence-electron chi connectivity index (χ4n) is 3.73. The molecule has 0 spiro atoms. The Balaban J connectivity index is 2.44. The molecule has 0 unspecified atom stereocenters. The molecule has 3 aromatic rings. The molecule has 0 aliphatic heterocycles. The van der Waals surface area contributed by atoms with E-state index in [9.17, 15) is 10.2 Å². The van der Waals surface area contributed by atoms with E-state index >= 15 is 0 Å². The quantitative estimate of drug-likeness (QED) is 0.499. The van der Waals surface area contributed by atoms with Crippen LogP contribution in [0.4, 0.5) is 0 Å². The number of hydrogen-bond acceptors (Lipinski definition) is 2. The Morgan fingerprint density at radius 3 is 1.44 bits per heavy atom. The first-order valence-corrected chi connectivity index (χ1v) is 8.52. The van der Waals surface area contributed by atoms with E-state index in [1.54, 1.807) is 0 Å². The zero-order valence-corrected chi connectivity index (χ0v) is 15.2. The highest BCUT2D eigenvalue weighted by Gasteiger charge is 2.36. The summed E-state index contributed by atoms with van der Waals surface area (Å²) >= 11 is 0. The molecule has 0 aliphatic rings. The van der Waals surface area contributed by atoms with Crippen LogP contribution in [0.2, 0.25) is 0 Å². The lowest BCUT2D eigenvalue weighted by Crippen LogP contribution is -2.27. The fraction of sp³-hybridized carbons (Fsp3) is 0.217. The van der Waals surface area contributed by atoms with Gasteiger partial charge in [0.2, 0.25) is 0 Å². The van der Waals surface area contributed by atoms with Gasteiger partial charge in [0.05, 0.1) is 0 Å². The monoisotopic (exact) mass is 332 g/mol. The molecule has 0 radical (unpaired) electrons. The molecule has 2 N–H and O–H groups in total. The van der Waals surface area contributed by atoms with Crippen LogP contribution in [0, 0.1) is 20.8 Å². The molecule has 0 aliphatic carbocycles. The van der Waals surface area contributed by atoms with Crippen molar-refractivity contribution in [2.24, 2.45) is 0 Å². The SMILES string of the molecule is Cc1c(C)c(O)c(C(C)(c2ccccc2)c2ccccc2)c(C)c1O. The van der Waals surface area contributed by atoms with Crippen molar-refractivity contribution in [1.29, 1.82) is 0 Å². The van der Waals surface area contributed by atoms with Crippen molar-refractivity contribution in [3.63, 3.8) is 0 Å². The number of phenols is 2. The molecule has 0 saturated heterocycles. The molecule has 2 nitrogen and oxygen atoms in total. The highest BCUT2D eigenvalue weighted by Crippen LogP contribution is 2.48. The minimum absolute atomic E-state index is 0.253. The van der Waals surface area contributed by atoms with Crippen molar-refractivity contribution in [1.82, 2.24) is 0 Å². The van der Waals surface area contributed by atoms with Gasteiger partial charge < -0.3 is 10.2 Å². The van der Waals surface area contributed by atoms with E-state index in [0.717, 1.165) is 33.4 Å². The third-order valence-corrected chi connectivity index (χ3v) is 5.44. The van der Waals surface area contributed by atoms with Crippen molar-refractivity contribution in [3.8, 4) is 11.5 Å². The number of hydrogen-bond donors (Lipinski definition) is 2. The third kappa shape index (κ3) is 2.58. The second kappa shape index (κ2) is 6.29. The summed E-state index contributed by atoms with van der Waals surface area (Å²) in [6.07, 6.45) is 0. The molecule has 128 valence electrons. The van der Waals surface area contributed by atoms with Gasteiger partial charge in [-0.05, 0) is 55.5 Å². The van der Waals surface area contributed by atoms with E-state index in [1.807, 2.05) is 57.2 Å². The second-order valence-electron chi connectivity index (χ2n) is 6.80. The highest BCUT2D eigenvalue weighted by molar-refractivity contribution is 5.64. The van der Waals surface area contributed by atoms with Crippen LogP contribution in [-0.2, 0) is 5.41 Å². The lowest BCUT2D eigenvalue weighted by Gasteiger charge is -2.35. The molecule has 2 heteroatoms. The van der Waals surface area contributed by atoms with Crippen LogP contribution < -0.4 is 0 Å². The lowest BCUT2D eigenvalue weighted by atomic mass is 9.68. The fourth-order valence-corrected chi connectivity index (χ4v) is 3.73. The predicted octanol–water partition coefficient (Wildman–Crippen LogP) is 5.38. The number of benzene rings is 3. The molecule has 3 rings (SSSR count). The van der Waals surface area contributed by atoms with Gasteiger partial charge in [0.15, 0.2) is 0 Å². The standard InChI is InChI=1S/C23H24O2/c1-15-16(2)22(25)20(17(3)21(15)24)23(4,18-11-7-5-8-12-18)19-13-9-6-10-14-19/h5-14,24-25H,1-4H3. The molecular weight excluding hydrogens is 308 g/mol. The number of phenolic OH excluding ortho intramolecular Hbond substituents is 2. The van der Waals surface area contributed by atoms with Gasteiger partial charge in [0.25, 0.3) is 0 Å². The molecular formula is C23H24O2. The molecule has 0 fully saturated rings. The van der Waals surface area contributed by atoms with Crippen LogP contribution in [0.25, 0.3) is 0 Å². The summed E-state index contributed by atoms with van der Waals surface area (Å²) in [6, 6.07) is 20.3. The van der Waals surface area contributed by atoms with Crippen LogP contribution in [-0.4, -0.2) is 10.2 Å². The van der Waals surface area contributed by atoms with E-state index in [2.05, 4.69) is 31.2 Å². The Morgan fingerprint density at radius 2 is 1.00 bits per heavy atom. The van der Waals surface area contributed by atoms with Crippen LogP contribution >= 0.6 is 0 Å². The minimum Gasteiger partial charge on any atom is -0.507 e. The van der Waals surface area contributed by atoms with Crippen LogP contribution in [0.5, 0.6) is 11.5 Å². The van der Waals surface area contributed by atoms with Crippen molar-refractivity contribution >= 4 is 0 Å². The molecule has 0 heterocycles. The van der Waals surface area contributed by atoms with Gasteiger partial charge >= 0.3 is 0 Å². The third-order valence-electron chi connectivity index (χ3n) is 5.44. The number of aromatic hydroxyl groups is 2. The van der Waals surface area contributed by atoms with Crippen molar-refractivity contribution in [3.05, 3.63) is 94.0 Å². The zero-order valence-electron chi connectivity index (χ0n) is 15.2. The average molecular weight is 332 g/mol. The largest absolute Gasteiger partial charge is 0.507 e. The Labute approximate surface area is 149 Å². The lowest BCUT2D eigenvalue weighted by molar-refractivity contribution is 0.434. The van der Waals surface area contributed by atoms with E-state index < -0.39 is 5.41 Å². The van der Waals surface area contributed by atoms with Gasteiger partial charge in [0, 0.05) is 11.0 Å². The first kappa shape index (κ1) is 17.1. The highest BCUT2D eigenvalue weighted by atomic mass is 16.3. The van der Waals surface area contributed by atoms with Gasteiger partial charge in [-0.15, -0.1) is 0 Å². The van der Waals surface area contributed by atoms with E-state index in [4.69, 9.17) is 0 Å². The minimum atomic E-state index is -0.577. The van der Waals surface area contributed by atoms with Gasteiger partial charge in [0.1, 0.15) is 11.5 Å². The van der Waals surface area contributed by atoms with Gasteiger partial charge in [-0.25, -0.2) is 0 Å². The van der Waals surface area contributed by atoms with Gasteiger partial charge in [-0.1, -0.05) is 60.7 Å². The second-order valence-corrected chi connectivity index (χ2v) is 6.80. The van der Waals surface area contributed by atoms with Crippen LogP contribution in [0.15, 0.2) is 60.7 Å². The van der Waals surface area contributed by atoms with Crippen molar-refractivity contribution in [2.75, 3.05) is 0 Å². The molecule has 0 saturated carbocycles. The maximum atomic E-state index is 11.0. The Morgan fingerprint density at radius 1 is 0.600 bits per heavy atom. The van der Waals surface area contributed by atoms with Crippen molar-refractivity contribution in [2.45, 2.75) is 33.1 Å². The summed E-state index contributed by atoms with van der Waals surface area (Å²) in [6.45, 7) is 7.67. The molecule has 0 aromatic heterocycles. The summed E-state index contributed by atoms with van der Waals surface area (Å²) in [5, 5.41) is 21.7. The zero-order chi connectivity index (χ0) is 18.2. The smallest absolute Gasteiger partial charge is 0.123 e. The normalized spacial score (nSPS) is 11.5. The molecule has 25 heavy (non-hydrogen) atoms.